The van der Waals surface area contributed by atoms with Crippen LogP contribution in [-0.2, 0) is 11.2 Å². The minimum atomic E-state index is -0.309. The first kappa shape index (κ1) is 20.7. The lowest BCUT2D eigenvalue weighted by Gasteiger charge is -2.19. The van der Waals surface area contributed by atoms with Gasteiger partial charge in [-0.3, -0.25) is 9.69 Å². The minimum absolute atomic E-state index is 0.0825. The molecule has 6 nitrogen and oxygen atoms in total. The molecule has 0 radical (unpaired) electrons. The normalized spacial score (nSPS) is 10.6. The van der Waals surface area contributed by atoms with E-state index in [1.807, 2.05) is 13.0 Å². The lowest BCUT2D eigenvalue weighted by molar-refractivity contribution is -0.118. The van der Waals surface area contributed by atoms with E-state index in [1.165, 1.54) is 23.5 Å². The number of hydrogen-bond acceptors (Lipinski definition) is 6. The molecule has 0 saturated carbocycles. The van der Waals surface area contributed by atoms with E-state index in [-0.39, 0.29) is 18.1 Å². The van der Waals surface area contributed by atoms with Crippen molar-refractivity contribution in [2.45, 2.75) is 19.8 Å². The highest BCUT2D eigenvalue weighted by Gasteiger charge is 2.21. The summed E-state index contributed by atoms with van der Waals surface area (Å²) in [5, 5.41) is 9.53. The van der Waals surface area contributed by atoms with Crippen LogP contribution in [0, 0.1) is 5.82 Å². The number of amides is 1. The van der Waals surface area contributed by atoms with E-state index in [1.54, 1.807) is 43.4 Å². The summed E-state index contributed by atoms with van der Waals surface area (Å²) in [7, 11) is 3.13. The van der Waals surface area contributed by atoms with Gasteiger partial charge in [-0.1, -0.05) is 24.3 Å². The third kappa shape index (κ3) is 4.89. The molecule has 0 atom stereocenters. The van der Waals surface area contributed by atoms with Crippen LogP contribution in [0.25, 0.3) is 10.6 Å². The smallest absolute Gasteiger partial charge is 0.233 e. The summed E-state index contributed by atoms with van der Waals surface area (Å²) in [6, 6.07) is 11.5. The Bertz CT molecular complexity index is 976. The first-order valence-electron chi connectivity index (χ1n) is 9.16. The van der Waals surface area contributed by atoms with Gasteiger partial charge in [0.05, 0.1) is 20.6 Å². The molecule has 0 N–H and O–H groups in total. The predicted molar refractivity (Wildman–Crippen MR) is 111 cm³/mol. The maximum absolute atomic E-state index is 13.1. The molecule has 0 saturated heterocycles. The van der Waals surface area contributed by atoms with Crippen molar-refractivity contribution in [1.29, 1.82) is 0 Å². The summed E-state index contributed by atoms with van der Waals surface area (Å²) >= 11 is 1.31. The highest BCUT2D eigenvalue weighted by atomic mass is 32.1. The highest BCUT2D eigenvalue weighted by Crippen LogP contribution is 2.31. The van der Waals surface area contributed by atoms with E-state index >= 15 is 0 Å². The summed E-state index contributed by atoms with van der Waals surface area (Å²) in [4.78, 5) is 14.6. The summed E-state index contributed by atoms with van der Waals surface area (Å²) in [6.07, 6.45) is 0.981. The Balaban J connectivity index is 1.80. The molecular weight excluding hydrogens is 393 g/mol. The number of methoxy groups -OCH3 is 2. The van der Waals surface area contributed by atoms with E-state index in [0.29, 0.717) is 28.2 Å². The average molecular weight is 415 g/mol. The number of anilines is 1. The molecule has 2 aromatic carbocycles. The molecule has 3 aromatic rings. The van der Waals surface area contributed by atoms with E-state index in [9.17, 15) is 9.18 Å². The van der Waals surface area contributed by atoms with Gasteiger partial charge in [-0.25, -0.2) is 4.39 Å². The van der Waals surface area contributed by atoms with Crippen LogP contribution >= 0.6 is 11.3 Å². The summed E-state index contributed by atoms with van der Waals surface area (Å²) in [5.74, 6) is 0.800. The molecule has 0 spiro atoms. The fraction of sp³-hybridized carbons (Fsp3) is 0.286. The van der Waals surface area contributed by atoms with Crippen molar-refractivity contribution in [2.24, 2.45) is 0 Å². The van der Waals surface area contributed by atoms with Crippen molar-refractivity contribution in [2.75, 3.05) is 25.7 Å². The van der Waals surface area contributed by atoms with Crippen LogP contribution in [0.5, 0.6) is 11.5 Å². The zero-order valence-electron chi connectivity index (χ0n) is 16.5. The fourth-order valence-corrected chi connectivity index (χ4v) is 3.74. The van der Waals surface area contributed by atoms with Crippen LogP contribution in [0.2, 0.25) is 0 Å². The molecule has 0 aliphatic carbocycles. The van der Waals surface area contributed by atoms with Gasteiger partial charge < -0.3 is 9.47 Å². The van der Waals surface area contributed by atoms with Gasteiger partial charge in [0.25, 0.3) is 0 Å². The standard InChI is InChI=1S/C21H22FN3O3S/c1-4-11-25(19(26)13-14-5-10-17(27-2)18(12-14)28-3)21-24-23-20(29-21)15-6-8-16(22)9-7-15/h5-10,12H,4,11,13H2,1-3H3. The van der Waals surface area contributed by atoms with E-state index in [0.717, 1.165) is 17.5 Å². The lowest BCUT2D eigenvalue weighted by atomic mass is 10.1. The molecule has 0 aliphatic heterocycles. The third-order valence-corrected chi connectivity index (χ3v) is 5.28. The lowest BCUT2D eigenvalue weighted by Crippen LogP contribution is -2.33. The Morgan fingerprint density at radius 1 is 1.07 bits per heavy atom. The molecule has 0 aliphatic rings. The van der Waals surface area contributed by atoms with Crippen molar-refractivity contribution in [3.05, 3.63) is 53.8 Å². The summed E-state index contributed by atoms with van der Waals surface area (Å²) < 4.78 is 23.7. The Labute approximate surface area is 172 Å². The molecular formula is C21H22FN3O3S. The number of ether oxygens (including phenoxy) is 2. The highest BCUT2D eigenvalue weighted by molar-refractivity contribution is 7.18. The second kappa shape index (κ2) is 9.47. The molecule has 29 heavy (non-hydrogen) atoms. The Morgan fingerprint density at radius 2 is 1.79 bits per heavy atom. The quantitative estimate of drug-likeness (QED) is 0.547. The number of benzene rings is 2. The summed E-state index contributed by atoms with van der Waals surface area (Å²) in [6.45, 7) is 2.53. The zero-order valence-corrected chi connectivity index (χ0v) is 17.3. The van der Waals surface area contributed by atoms with Crippen LogP contribution in [0.1, 0.15) is 18.9 Å². The van der Waals surface area contributed by atoms with Crippen LogP contribution in [0.15, 0.2) is 42.5 Å². The van der Waals surface area contributed by atoms with Gasteiger partial charge in [0.15, 0.2) is 11.5 Å². The second-order valence-corrected chi connectivity index (χ2v) is 7.26. The first-order valence-corrected chi connectivity index (χ1v) is 9.98. The molecule has 0 bridgehead atoms. The molecule has 0 unspecified atom stereocenters. The van der Waals surface area contributed by atoms with Crippen LogP contribution in [0.3, 0.4) is 0 Å². The van der Waals surface area contributed by atoms with Gasteiger partial charge in [0.2, 0.25) is 11.0 Å². The molecule has 1 aromatic heterocycles. The van der Waals surface area contributed by atoms with Gasteiger partial charge >= 0.3 is 0 Å². The number of carbonyl (C=O) groups excluding carboxylic acids is 1. The van der Waals surface area contributed by atoms with Gasteiger partial charge in [0, 0.05) is 12.1 Å². The average Bonchev–Trinajstić information content (AvgIpc) is 3.22. The van der Waals surface area contributed by atoms with Gasteiger partial charge in [-0.15, -0.1) is 10.2 Å². The zero-order chi connectivity index (χ0) is 20.8. The molecule has 8 heteroatoms. The van der Waals surface area contributed by atoms with Crippen molar-refractivity contribution >= 4 is 22.4 Å². The number of hydrogen-bond donors (Lipinski definition) is 0. The SMILES string of the molecule is CCCN(C(=O)Cc1ccc(OC)c(OC)c1)c1nnc(-c2ccc(F)cc2)s1. The number of nitrogens with zero attached hydrogens (tertiary/aromatic N) is 3. The van der Waals surface area contributed by atoms with Gasteiger partial charge in [0.1, 0.15) is 10.8 Å². The number of rotatable bonds is 8. The number of halogens is 1. The van der Waals surface area contributed by atoms with Gasteiger partial charge in [-0.2, -0.15) is 0 Å². The van der Waals surface area contributed by atoms with Crippen molar-refractivity contribution in [3.63, 3.8) is 0 Å². The van der Waals surface area contributed by atoms with Crippen molar-refractivity contribution in [1.82, 2.24) is 10.2 Å². The maximum Gasteiger partial charge on any atom is 0.233 e. The minimum Gasteiger partial charge on any atom is -0.493 e. The van der Waals surface area contributed by atoms with E-state index in [4.69, 9.17) is 9.47 Å². The second-order valence-electron chi connectivity index (χ2n) is 6.31. The number of carbonyl (C=O) groups is 1. The number of aromatic nitrogens is 2. The summed E-state index contributed by atoms with van der Waals surface area (Å²) in [5.41, 5.74) is 1.58. The van der Waals surface area contributed by atoms with Crippen LogP contribution in [-0.4, -0.2) is 36.9 Å². The maximum atomic E-state index is 13.1. The predicted octanol–water partition coefficient (Wildman–Crippen LogP) is 4.35. The monoisotopic (exact) mass is 415 g/mol. The molecule has 3 rings (SSSR count). The van der Waals surface area contributed by atoms with Crippen LogP contribution < -0.4 is 14.4 Å². The van der Waals surface area contributed by atoms with E-state index < -0.39 is 0 Å². The largest absolute Gasteiger partial charge is 0.493 e. The third-order valence-electron chi connectivity index (χ3n) is 4.29. The first-order chi connectivity index (χ1) is 14.0. The molecule has 1 heterocycles. The Kier molecular flexibility index (Phi) is 6.77. The molecule has 152 valence electrons. The Morgan fingerprint density at radius 3 is 2.45 bits per heavy atom. The Hall–Kier alpha value is -3.00. The van der Waals surface area contributed by atoms with Gasteiger partial charge in [-0.05, 0) is 48.4 Å². The fourth-order valence-electron chi connectivity index (χ4n) is 2.84. The van der Waals surface area contributed by atoms with Crippen molar-refractivity contribution in [3.8, 4) is 22.1 Å². The topological polar surface area (TPSA) is 64.6 Å². The van der Waals surface area contributed by atoms with Crippen LogP contribution in [0.4, 0.5) is 9.52 Å². The molecule has 1 amide bonds. The molecule has 0 fully saturated rings. The van der Waals surface area contributed by atoms with Crippen molar-refractivity contribution < 1.29 is 18.7 Å². The van der Waals surface area contributed by atoms with E-state index in [2.05, 4.69) is 10.2 Å².